The summed E-state index contributed by atoms with van der Waals surface area (Å²) >= 11 is 1.44. The average Bonchev–Trinajstić information content (AvgIpc) is 2.96. The highest BCUT2D eigenvalue weighted by atomic mass is 32.2. The fraction of sp³-hybridized carbons (Fsp3) is 0.706. The van der Waals surface area contributed by atoms with E-state index in [-0.39, 0.29) is 18.0 Å². The minimum absolute atomic E-state index is 0.00954. The molecule has 2 saturated carbocycles. The summed E-state index contributed by atoms with van der Waals surface area (Å²) in [6, 6.07) is 4.26. The molecule has 1 aromatic heterocycles. The number of fused-ring (bicyclic) bond motifs is 2. The van der Waals surface area contributed by atoms with Gasteiger partial charge in [-0.2, -0.15) is 0 Å². The molecule has 2 unspecified atom stereocenters. The quantitative estimate of drug-likeness (QED) is 0.690. The lowest BCUT2D eigenvalue weighted by Crippen LogP contribution is -2.53. The van der Waals surface area contributed by atoms with Crippen molar-refractivity contribution < 1.29 is 13.2 Å². The monoisotopic (exact) mass is 385 g/mol. The highest BCUT2D eigenvalue weighted by Gasteiger charge is 2.40. The number of hydrogen-bond acceptors (Lipinski definition) is 5. The predicted molar refractivity (Wildman–Crippen MR) is 100 cm³/mol. The van der Waals surface area contributed by atoms with Crippen LogP contribution < -0.4 is 15.8 Å². The molecule has 0 aliphatic heterocycles. The highest BCUT2D eigenvalue weighted by molar-refractivity contribution is 7.88. The van der Waals surface area contributed by atoms with Gasteiger partial charge in [-0.15, -0.1) is 11.3 Å². The van der Waals surface area contributed by atoms with Gasteiger partial charge in [0.05, 0.1) is 11.1 Å². The summed E-state index contributed by atoms with van der Waals surface area (Å²) in [5.41, 5.74) is 6.15. The van der Waals surface area contributed by atoms with Crippen LogP contribution in [0.2, 0.25) is 0 Å². The molecule has 2 atom stereocenters. The van der Waals surface area contributed by atoms with Crippen LogP contribution in [0.25, 0.3) is 0 Å². The Kier molecular flexibility index (Phi) is 5.82. The zero-order chi connectivity index (χ0) is 18.0. The van der Waals surface area contributed by atoms with Crippen LogP contribution in [0.5, 0.6) is 0 Å². The first-order valence-electron chi connectivity index (χ1n) is 8.91. The maximum Gasteiger partial charge on any atom is 0.261 e. The van der Waals surface area contributed by atoms with Gasteiger partial charge < -0.3 is 11.1 Å². The van der Waals surface area contributed by atoms with Gasteiger partial charge >= 0.3 is 0 Å². The van der Waals surface area contributed by atoms with Crippen LogP contribution in [0.15, 0.2) is 12.1 Å². The molecular formula is C17H27N3O3S2. The lowest BCUT2D eigenvalue weighted by Gasteiger charge is -2.45. The molecule has 0 radical (unpaired) electrons. The number of thiophene rings is 1. The fourth-order valence-electron chi connectivity index (χ4n) is 4.24. The predicted octanol–water partition coefficient (Wildman–Crippen LogP) is 1.48. The molecule has 2 aliphatic carbocycles. The highest BCUT2D eigenvalue weighted by Crippen LogP contribution is 2.39. The largest absolute Gasteiger partial charge is 0.348 e. The van der Waals surface area contributed by atoms with Crippen molar-refractivity contribution >= 4 is 27.3 Å². The van der Waals surface area contributed by atoms with Crippen molar-refractivity contribution in [2.45, 2.75) is 50.6 Å². The Balaban J connectivity index is 1.57. The van der Waals surface area contributed by atoms with Crippen molar-refractivity contribution in [3.63, 3.8) is 0 Å². The van der Waals surface area contributed by atoms with E-state index in [2.05, 4.69) is 10.0 Å². The first-order chi connectivity index (χ1) is 11.8. The molecule has 0 saturated heterocycles. The number of nitrogens with two attached hydrogens (primary N) is 1. The Morgan fingerprint density at radius 3 is 2.60 bits per heavy atom. The summed E-state index contributed by atoms with van der Waals surface area (Å²) in [5, 5.41) is 3.26. The molecule has 0 aromatic carbocycles. The second-order valence-electron chi connectivity index (χ2n) is 7.36. The van der Waals surface area contributed by atoms with Crippen LogP contribution >= 0.6 is 11.3 Å². The van der Waals surface area contributed by atoms with Gasteiger partial charge in [0.2, 0.25) is 10.0 Å². The molecule has 1 amide bonds. The zero-order valence-electron chi connectivity index (χ0n) is 14.5. The minimum atomic E-state index is -3.17. The third-order valence-electron chi connectivity index (χ3n) is 5.30. The molecule has 1 heterocycles. The first kappa shape index (κ1) is 18.8. The van der Waals surface area contributed by atoms with Gasteiger partial charge in [0.15, 0.2) is 0 Å². The number of amides is 1. The maximum atomic E-state index is 12.6. The lowest BCUT2D eigenvalue weighted by molar-refractivity contribution is 0.0759. The second kappa shape index (κ2) is 7.73. The Hall–Kier alpha value is -0.960. The number of hydrogen-bond donors (Lipinski definition) is 3. The molecule has 2 aliphatic rings. The molecule has 2 bridgehead atoms. The molecule has 8 heteroatoms. The third kappa shape index (κ3) is 5.03. The summed E-state index contributed by atoms with van der Waals surface area (Å²) in [6.07, 6.45) is 7.30. The number of nitrogens with one attached hydrogen (secondary N) is 2. The molecule has 3 rings (SSSR count). The summed E-state index contributed by atoms with van der Waals surface area (Å²) < 4.78 is 24.7. The Morgan fingerprint density at radius 2 is 1.96 bits per heavy atom. The van der Waals surface area contributed by atoms with E-state index < -0.39 is 10.0 Å². The van der Waals surface area contributed by atoms with Crippen LogP contribution in [-0.2, 0) is 16.4 Å². The van der Waals surface area contributed by atoms with E-state index in [4.69, 9.17) is 5.73 Å². The topological polar surface area (TPSA) is 101 Å². The fourth-order valence-corrected chi connectivity index (χ4v) is 5.62. The molecule has 140 valence electrons. The maximum absolute atomic E-state index is 12.6. The molecule has 25 heavy (non-hydrogen) atoms. The molecule has 2 fully saturated rings. The molecular weight excluding hydrogens is 358 g/mol. The molecule has 1 aromatic rings. The van der Waals surface area contributed by atoms with Crippen LogP contribution in [-0.4, -0.2) is 39.2 Å². The summed E-state index contributed by atoms with van der Waals surface area (Å²) in [6.45, 7) is 0.352. The van der Waals surface area contributed by atoms with Crippen LogP contribution in [0.1, 0.15) is 46.7 Å². The van der Waals surface area contributed by atoms with Crippen molar-refractivity contribution in [3.8, 4) is 0 Å². The molecule has 4 N–H and O–H groups in total. The van der Waals surface area contributed by atoms with E-state index in [1.54, 1.807) is 0 Å². The number of carbonyl (C=O) groups excluding carboxylic acids is 1. The molecule has 6 nitrogen and oxygen atoms in total. The van der Waals surface area contributed by atoms with Crippen molar-refractivity contribution in [2.24, 2.45) is 17.6 Å². The smallest absolute Gasteiger partial charge is 0.261 e. The van der Waals surface area contributed by atoms with E-state index in [0.29, 0.717) is 29.7 Å². The van der Waals surface area contributed by atoms with Gasteiger partial charge in [0.1, 0.15) is 0 Å². The standard InChI is InChI=1S/C17H27N3O3S2/c1-25(22,23)19-8-7-14-5-6-15(24-14)17(21)20-16-11-3-2-4-12(16)10-13(18)9-11/h5-6,11-13,16,19H,2-4,7-10,18H2,1H3,(H,20,21). The van der Waals surface area contributed by atoms with E-state index in [9.17, 15) is 13.2 Å². The SMILES string of the molecule is CS(=O)(=O)NCCc1ccc(C(=O)NC2C3CCCC2CC(N)C3)s1. The summed E-state index contributed by atoms with van der Waals surface area (Å²) in [5.74, 6) is 0.999. The Morgan fingerprint density at radius 1 is 1.28 bits per heavy atom. The zero-order valence-corrected chi connectivity index (χ0v) is 16.2. The lowest BCUT2D eigenvalue weighted by atomic mass is 9.67. The third-order valence-corrected chi connectivity index (χ3v) is 7.17. The van der Waals surface area contributed by atoms with Gasteiger partial charge in [-0.05, 0) is 56.1 Å². The second-order valence-corrected chi connectivity index (χ2v) is 10.4. The van der Waals surface area contributed by atoms with Gasteiger partial charge in [0, 0.05) is 23.5 Å². The first-order valence-corrected chi connectivity index (χ1v) is 11.6. The van der Waals surface area contributed by atoms with Crippen LogP contribution in [0.4, 0.5) is 0 Å². The van der Waals surface area contributed by atoms with Gasteiger partial charge in [-0.25, -0.2) is 13.1 Å². The van der Waals surface area contributed by atoms with Crippen LogP contribution in [0.3, 0.4) is 0 Å². The van der Waals surface area contributed by atoms with Gasteiger partial charge in [-0.1, -0.05) is 6.42 Å². The number of carbonyl (C=O) groups is 1. The van der Waals surface area contributed by atoms with E-state index in [1.165, 1.54) is 17.8 Å². The van der Waals surface area contributed by atoms with E-state index >= 15 is 0 Å². The van der Waals surface area contributed by atoms with E-state index in [0.717, 1.165) is 36.8 Å². The number of sulfonamides is 1. The van der Waals surface area contributed by atoms with Gasteiger partial charge in [-0.3, -0.25) is 4.79 Å². The average molecular weight is 386 g/mol. The normalized spacial score (nSPS) is 29.4. The minimum Gasteiger partial charge on any atom is -0.348 e. The van der Waals surface area contributed by atoms with Crippen LogP contribution in [0, 0.1) is 11.8 Å². The van der Waals surface area contributed by atoms with Crippen molar-refractivity contribution in [1.82, 2.24) is 10.0 Å². The Labute approximate surface area is 153 Å². The Bertz CT molecular complexity index is 702. The molecule has 0 spiro atoms. The summed E-state index contributed by atoms with van der Waals surface area (Å²) in [4.78, 5) is 14.3. The van der Waals surface area contributed by atoms with Crippen molar-refractivity contribution in [2.75, 3.05) is 12.8 Å². The number of rotatable bonds is 6. The van der Waals surface area contributed by atoms with Crippen molar-refractivity contribution in [3.05, 3.63) is 21.9 Å². The van der Waals surface area contributed by atoms with Gasteiger partial charge in [0.25, 0.3) is 5.91 Å². The van der Waals surface area contributed by atoms with Crippen molar-refractivity contribution in [1.29, 1.82) is 0 Å². The van der Waals surface area contributed by atoms with E-state index in [1.807, 2.05) is 12.1 Å². The summed E-state index contributed by atoms with van der Waals surface area (Å²) in [7, 11) is -3.17.